The van der Waals surface area contributed by atoms with Gasteiger partial charge in [0.05, 0.1) is 23.1 Å². The standard InChI is InChI=1S/C17H20ClN3O/c1-12-5-4-8-20(11-12)17(22)16-10-19-21(13(16)2)15-7-3-6-14(18)9-15/h3,6-7,9-10,12H,4-5,8,11H2,1-2H3. The Morgan fingerprint density at radius 3 is 2.95 bits per heavy atom. The number of amides is 1. The molecule has 116 valence electrons. The van der Waals surface area contributed by atoms with E-state index in [0.717, 1.165) is 30.9 Å². The second-order valence-electron chi connectivity index (χ2n) is 6.03. The molecule has 0 saturated carbocycles. The second kappa shape index (κ2) is 6.13. The van der Waals surface area contributed by atoms with Crippen molar-refractivity contribution in [2.75, 3.05) is 13.1 Å². The maximum absolute atomic E-state index is 12.7. The average Bonchev–Trinajstić information content (AvgIpc) is 2.88. The highest BCUT2D eigenvalue weighted by Gasteiger charge is 2.25. The summed E-state index contributed by atoms with van der Waals surface area (Å²) < 4.78 is 1.77. The summed E-state index contributed by atoms with van der Waals surface area (Å²) in [5, 5.41) is 5.03. The van der Waals surface area contributed by atoms with Crippen LogP contribution in [-0.2, 0) is 0 Å². The Bertz CT molecular complexity index is 695. The van der Waals surface area contributed by atoms with Crippen molar-refractivity contribution in [1.29, 1.82) is 0 Å². The van der Waals surface area contributed by atoms with Gasteiger partial charge in [0, 0.05) is 18.1 Å². The van der Waals surface area contributed by atoms with Crippen molar-refractivity contribution in [3.63, 3.8) is 0 Å². The van der Waals surface area contributed by atoms with E-state index in [4.69, 9.17) is 11.6 Å². The Labute approximate surface area is 135 Å². The molecule has 3 rings (SSSR count). The van der Waals surface area contributed by atoms with Gasteiger partial charge in [-0.15, -0.1) is 0 Å². The van der Waals surface area contributed by atoms with Gasteiger partial charge in [-0.05, 0) is 43.9 Å². The molecule has 2 heterocycles. The number of halogens is 1. The Balaban J connectivity index is 1.88. The Morgan fingerprint density at radius 1 is 1.41 bits per heavy atom. The monoisotopic (exact) mass is 317 g/mol. The molecule has 1 aromatic heterocycles. The topological polar surface area (TPSA) is 38.1 Å². The van der Waals surface area contributed by atoms with Crippen LogP contribution in [0.25, 0.3) is 5.69 Å². The van der Waals surface area contributed by atoms with Crippen LogP contribution < -0.4 is 0 Å². The summed E-state index contributed by atoms with van der Waals surface area (Å²) in [6, 6.07) is 7.49. The van der Waals surface area contributed by atoms with Crippen molar-refractivity contribution in [2.24, 2.45) is 5.92 Å². The van der Waals surface area contributed by atoms with Crippen LogP contribution in [-0.4, -0.2) is 33.7 Å². The van der Waals surface area contributed by atoms with Crippen molar-refractivity contribution in [2.45, 2.75) is 26.7 Å². The SMILES string of the molecule is Cc1c(C(=O)N2CCCC(C)C2)cnn1-c1cccc(Cl)c1. The molecule has 1 amide bonds. The van der Waals surface area contributed by atoms with E-state index in [9.17, 15) is 4.79 Å². The molecule has 1 unspecified atom stereocenters. The van der Waals surface area contributed by atoms with E-state index in [1.54, 1.807) is 10.9 Å². The van der Waals surface area contributed by atoms with Crippen molar-refractivity contribution in [3.8, 4) is 5.69 Å². The molecule has 1 aromatic carbocycles. The van der Waals surface area contributed by atoms with Gasteiger partial charge in [-0.1, -0.05) is 24.6 Å². The zero-order valence-electron chi connectivity index (χ0n) is 12.9. The summed E-state index contributed by atoms with van der Waals surface area (Å²) >= 11 is 6.04. The average molecular weight is 318 g/mol. The largest absolute Gasteiger partial charge is 0.338 e. The van der Waals surface area contributed by atoms with E-state index >= 15 is 0 Å². The first-order valence-electron chi connectivity index (χ1n) is 7.66. The summed E-state index contributed by atoms with van der Waals surface area (Å²) in [6.45, 7) is 5.79. The molecular weight excluding hydrogens is 298 g/mol. The summed E-state index contributed by atoms with van der Waals surface area (Å²) in [7, 11) is 0. The molecule has 1 saturated heterocycles. The maximum atomic E-state index is 12.7. The van der Waals surface area contributed by atoms with E-state index in [1.165, 1.54) is 6.42 Å². The van der Waals surface area contributed by atoms with Crippen molar-refractivity contribution < 1.29 is 4.79 Å². The van der Waals surface area contributed by atoms with E-state index in [0.29, 0.717) is 16.5 Å². The van der Waals surface area contributed by atoms with Gasteiger partial charge >= 0.3 is 0 Å². The summed E-state index contributed by atoms with van der Waals surface area (Å²) in [5.74, 6) is 0.651. The van der Waals surface area contributed by atoms with Crippen LogP contribution in [0, 0.1) is 12.8 Å². The van der Waals surface area contributed by atoms with E-state index in [-0.39, 0.29) is 5.91 Å². The van der Waals surface area contributed by atoms with Gasteiger partial charge in [-0.2, -0.15) is 5.10 Å². The van der Waals surface area contributed by atoms with Crippen LogP contribution in [0.2, 0.25) is 5.02 Å². The molecule has 0 N–H and O–H groups in total. The molecule has 1 aliphatic heterocycles. The third-order valence-corrected chi connectivity index (χ3v) is 4.47. The first kappa shape index (κ1) is 15.1. The summed E-state index contributed by atoms with van der Waals surface area (Å²) in [4.78, 5) is 14.7. The first-order chi connectivity index (χ1) is 10.6. The third-order valence-electron chi connectivity index (χ3n) is 4.24. The lowest BCUT2D eigenvalue weighted by Crippen LogP contribution is -2.39. The predicted octanol–water partition coefficient (Wildman–Crippen LogP) is 3.71. The second-order valence-corrected chi connectivity index (χ2v) is 6.47. The van der Waals surface area contributed by atoms with Crippen LogP contribution in [0.4, 0.5) is 0 Å². The van der Waals surface area contributed by atoms with Crippen LogP contribution in [0.3, 0.4) is 0 Å². The molecule has 0 aliphatic carbocycles. The number of aromatic nitrogens is 2. The number of rotatable bonds is 2. The number of nitrogens with zero attached hydrogens (tertiary/aromatic N) is 3. The van der Waals surface area contributed by atoms with Gasteiger partial charge in [0.2, 0.25) is 0 Å². The minimum absolute atomic E-state index is 0.0809. The molecule has 0 radical (unpaired) electrons. The third kappa shape index (κ3) is 2.88. The Hall–Kier alpha value is -1.81. The van der Waals surface area contributed by atoms with E-state index in [2.05, 4.69) is 12.0 Å². The number of carbonyl (C=O) groups excluding carboxylic acids is 1. The highest BCUT2D eigenvalue weighted by molar-refractivity contribution is 6.30. The summed E-state index contributed by atoms with van der Waals surface area (Å²) in [6.07, 6.45) is 3.94. The number of hydrogen-bond acceptors (Lipinski definition) is 2. The van der Waals surface area contributed by atoms with Crippen LogP contribution in [0.5, 0.6) is 0 Å². The van der Waals surface area contributed by atoms with Gasteiger partial charge in [0.25, 0.3) is 5.91 Å². The van der Waals surface area contributed by atoms with Crippen molar-refractivity contribution in [3.05, 3.63) is 46.7 Å². The summed E-state index contributed by atoms with van der Waals surface area (Å²) in [5.41, 5.74) is 2.40. The van der Waals surface area contributed by atoms with Gasteiger partial charge < -0.3 is 4.90 Å². The molecule has 1 fully saturated rings. The number of piperidine rings is 1. The van der Waals surface area contributed by atoms with Gasteiger partial charge in [-0.25, -0.2) is 4.68 Å². The minimum atomic E-state index is 0.0809. The number of likely N-dealkylation sites (tertiary alicyclic amines) is 1. The molecule has 0 spiro atoms. The van der Waals surface area contributed by atoms with Gasteiger partial charge in [0.1, 0.15) is 0 Å². The fourth-order valence-electron chi connectivity index (χ4n) is 3.03. The van der Waals surface area contributed by atoms with Crippen LogP contribution in [0.15, 0.2) is 30.5 Å². The van der Waals surface area contributed by atoms with Crippen molar-refractivity contribution >= 4 is 17.5 Å². The number of benzene rings is 1. The zero-order chi connectivity index (χ0) is 15.7. The van der Waals surface area contributed by atoms with Gasteiger partial charge in [0.15, 0.2) is 0 Å². The van der Waals surface area contributed by atoms with Crippen LogP contribution in [0.1, 0.15) is 35.8 Å². The molecular formula is C17H20ClN3O. The van der Waals surface area contributed by atoms with Crippen LogP contribution >= 0.6 is 11.6 Å². The predicted molar refractivity (Wildman–Crippen MR) is 87.6 cm³/mol. The molecule has 2 aromatic rings. The fraction of sp³-hybridized carbons (Fsp3) is 0.412. The lowest BCUT2D eigenvalue weighted by Gasteiger charge is -2.30. The molecule has 0 bridgehead atoms. The molecule has 1 aliphatic rings. The van der Waals surface area contributed by atoms with E-state index in [1.807, 2.05) is 36.1 Å². The lowest BCUT2D eigenvalue weighted by molar-refractivity contribution is 0.0682. The fourth-order valence-corrected chi connectivity index (χ4v) is 3.22. The Morgan fingerprint density at radius 2 is 2.23 bits per heavy atom. The quantitative estimate of drug-likeness (QED) is 0.847. The molecule has 1 atom stereocenters. The van der Waals surface area contributed by atoms with Crippen molar-refractivity contribution in [1.82, 2.24) is 14.7 Å². The normalized spacial score (nSPS) is 18.5. The smallest absolute Gasteiger partial charge is 0.257 e. The number of hydrogen-bond donors (Lipinski definition) is 0. The maximum Gasteiger partial charge on any atom is 0.257 e. The lowest BCUT2D eigenvalue weighted by atomic mass is 9.99. The molecule has 4 nitrogen and oxygen atoms in total. The van der Waals surface area contributed by atoms with Gasteiger partial charge in [-0.3, -0.25) is 4.79 Å². The first-order valence-corrected chi connectivity index (χ1v) is 8.04. The minimum Gasteiger partial charge on any atom is -0.338 e. The molecule has 22 heavy (non-hydrogen) atoms. The Kier molecular flexibility index (Phi) is 4.21. The zero-order valence-corrected chi connectivity index (χ0v) is 13.7. The molecule has 5 heteroatoms. The highest BCUT2D eigenvalue weighted by atomic mass is 35.5. The van der Waals surface area contributed by atoms with E-state index < -0.39 is 0 Å². The number of carbonyl (C=O) groups is 1. The highest BCUT2D eigenvalue weighted by Crippen LogP contribution is 2.21.